The Kier molecular flexibility index (Phi) is 6.28. The highest BCUT2D eigenvalue weighted by Gasteiger charge is 2.35. The molecule has 0 N–H and O–H groups in total. The van der Waals surface area contributed by atoms with Crippen LogP contribution >= 0.6 is 11.8 Å². The Balaban J connectivity index is 1.39. The molecule has 0 spiro atoms. The summed E-state index contributed by atoms with van der Waals surface area (Å²) in [5.74, 6) is 2.82. The van der Waals surface area contributed by atoms with Crippen molar-refractivity contribution in [1.29, 1.82) is 0 Å². The van der Waals surface area contributed by atoms with E-state index in [2.05, 4.69) is 15.1 Å². The van der Waals surface area contributed by atoms with E-state index in [-0.39, 0.29) is 5.91 Å². The van der Waals surface area contributed by atoms with Crippen molar-refractivity contribution in [3.8, 4) is 23.0 Å². The van der Waals surface area contributed by atoms with Crippen molar-refractivity contribution in [1.82, 2.24) is 15.1 Å². The van der Waals surface area contributed by atoms with E-state index in [1.165, 1.54) is 37.4 Å². The van der Waals surface area contributed by atoms with Gasteiger partial charge in [0.15, 0.2) is 11.5 Å². The Morgan fingerprint density at radius 2 is 1.93 bits per heavy atom. The van der Waals surface area contributed by atoms with E-state index in [0.29, 0.717) is 40.3 Å². The lowest BCUT2D eigenvalue weighted by Crippen LogP contribution is -2.50. The minimum absolute atomic E-state index is 0.178. The molecule has 1 amide bonds. The van der Waals surface area contributed by atoms with Crippen molar-refractivity contribution in [3.63, 3.8) is 0 Å². The molecular weight excluding hydrogens is 390 g/mol. The molecule has 4 rings (SSSR count). The summed E-state index contributed by atoms with van der Waals surface area (Å²) < 4.78 is 16.3. The molecular formula is C21H27N3O4S. The van der Waals surface area contributed by atoms with E-state index in [1.54, 1.807) is 26.4 Å². The van der Waals surface area contributed by atoms with Gasteiger partial charge in [-0.25, -0.2) is 0 Å². The minimum atomic E-state index is 0.178. The SMILES string of the molecule is COc1ccc(-c2nnc(SCC(=O)N3CCC[C@@H]4CCCC[C@H]43)o2)cc1OC. The van der Waals surface area contributed by atoms with Crippen LogP contribution in [0.5, 0.6) is 11.5 Å². The number of rotatable bonds is 6. The van der Waals surface area contributed by atoms with Gasteiger partial charge in [-0.2, -0.15) is 0 Å². The average molecular weight is 418 g/mol. The van der Waals surface area contributed by atoms with E-state index >= 15 is 0 Å². The van der Waals surface area contributed by atoms with Crippen LogP contribution in [0.15, 0.2) is 27.8 Å². The third-order valence-electron chi connectivity index (χ3n) is 5.92. The summed E-state index contributed by atoms with van der Waals surface area (Å²) in [5, 5.41) is 8.61. The average Bonchev–Trinajstić information content (AvgIpc) is 3.25. The molecule has 2 fully saturated rings. The standard InChI is InChI=1S/C21H27N3O4S/c1-26-17-10-9-15(12-18(17)27-2)20-22-23-21(28-20)29-13-19(25)24-11-5-7-14-6-3-4-8-16(14)24/h9-10,12,14,16H,3-8,11,13H2,1-2H3/t14-,16+/m0/s1. The zero-order valence-electron chi connectivity index (χ0n) is 16.9. The Hall–Kier alpha value is -2.22. The van der Waals surface area contributed by atoms with Gasteiger partial charge in [0, 0.05) is 18.2 Å². The van der Waals surface area contributed by atoms with E-state index < -0.39 is 0 Å². The van der Waals surface area contributed by atoms with Gasteiger partial charge >= 0.3 is 0 Å². The first kappa shape index (κ1) is 20.1. The third kappa shape index (κ3) is 4.37. The molecule has 0 bridgehead atoms. The molecule has 29 heavy (non-hydrogen) atoms. The topological polar surface area (TPSA) is 77.7 Å². The fourth-order valence-electron chi connectivity index (χ4n) is 4.49. The number of amides is 1. The number of methoxy groups -OCH3 is 2. The van der Waals surface area contributed by atoms with Gasteiger partial charge in [-0.1, -0.05) is 24.6 Å². The molecule has 2 atom stereocenters. The van der Waals surface area contributed by atoms with Crippen LogP contribution in [0.25, 0.3) is 11.5 Å². The molecule has 1 aromatic heterocycles. The second kappa shape index (κ2) is 9.07. The molecule has 1 aromatic carbocycles. The number of piperidine rings is 1. The Morgan fingerprint density at radius 3 is 2.76 bits per heavy atom. The van der Waals surface area contributed by atoms with Gasteiger partial charge < -0.3 is 18.8 Å². The smallest absolute Gasteiger partial charge is 0.277 e. The normalized spacial score (nSPS) is 21.5. The van der Waals surface area contributed by atoms with Crippen molar-refractivity contribution in [3.05, 3.63) is 18.2 Å². The summed E-state index contributed by atoms with van der Waals surface area (Å²) in [4.78, 5) is 14.9. The molecule has 1 saturated heterocycles. The van der Waals surface area contributed by atoms with Gasteiger partial charge in [0.05, 0.1) is 20.0 Å². The molecule has 2 aromatic rings. The van der Waals surface area contributed by atoms with Gasteiger partial charge in [0.25, 0.3) is 5.22 Å². The molecule has 2 aliphatic rings. The van der Waals surface area contributed by atoms with Gasteiger partial charge in [-0.15, -0.1) is 10.2 Å². The monoisotopic (exact) mass is 417 g/mol. The van der Waals surface area contributed by atoms with Gasteiger partial charge in [-0.3, -0.25) is 4.79 Å². The molecule has 1 saturated carbocycles. The lowest BCUT2D eigenvalue weighted by Gasteiger charge is -2.44. The summed E-state index contributed by atoms with van der Waals surface area (Å²) in [6, 6.07) is 5.86. The number of carbonyl (C=O) groups is 1. The number of ether oxygens (including phenoxy) is 2. The van der Waals surface area contributed by atoms with Crippen LogP contribution < -0.4 is 9.47 Å². The second-order valence-electron chi connectivity index (χ2n) is 7.57. The summed E-state index contributed by atoms with van der Waals surface area (Å²) >= 11 is 1.31. The van der Waals surface area contributed by atoms with Crippen molar-refractivity contribution >= 4 is 17.7 Å². The van der Waals surface area contributed by atoms with E-state index in [1.807, 2.05) is 6.07 Å². The molecule has 0 radical (unpaired) electrons. The number of nitrogens with zero attached hydrogens (tertiary/aromatic N) is 3. The third-order valence-corrected chi connectivity index (χ3v) is 6.72. The first-order valence-electron chi connectivity index (χ1n) is 10.2. The van der Waals surface area contributed by atoms with E-state index in [0.717, 1.165) is 24.9 Å². The Morgan fingerprint density at radius 1 is 1.14 bits per heavy atom. The highest BCUT2D eigenvalue weighted by Crippen LogP contribution is 2.36. The second-order valence-corrected chi connectivity index (χ2v) is 8.50. The summed E-state index contributed by atoms with van der Waals surface area (Å²) in [7, 11) is 3.17. The van der Waals surface area contributed by atoms with Crippen LogP contribution in [0.4, 0.5) is 0 Å². The number of benzene rings is 1. The number of aromatic nitrogens is 2. The van der Waals surface area contributed by atoms with Crippen LogP contribution in [-0.2, 0) is 4.79 Å². The number of carbonyl (C=O) groups excluding carboxylic acids is 1. The zero-order valence-corrected chi connectivity index (χ0v) is 17.7. The molecule has 156 valence electrons. The fraction of sp³-hybridized carbons (Fsp3) is 0.571. The van der Waals surface area contributed by atoms with Crippen molar-refractivity contribution in [2.75, 3.05) is 26.5 Å². The Labute approximate surface area is 175 Å². The summed E-state index contributed by atoms with van der Waals surface area (Å²) in [6.07, 6.45) is 7.32. The lowest BCUT2D eigenvalue weighted by atomic mass is 9.78. The van der Waals surface area contributed by atoms with Crippen LogP contribution in [0.3, 0.4) is 0 Å². The van der Waals surface area contributed by atoms with Crippen molar-refractivity contribution < 1.29 is 18.7 Å². The van der Waals surface area contributed by atoms with Crippen LogP contribution in [-0.4, -0.2) is 53.6 Å². The molecule has 1 aliphatic carbocycles. The van der Waals surface area contributed by atoms with Crippen molar-refractivity contribution in [2.45, 2.75) is 49.8 Å². The summed E-state index contributed by atoms with van der Waals surface area (Å²) in [6.45, 7) is 0.876. The number of thioether (sulfide) groups is 1. The maximum absolute atomic E-state index is 12.8. The predicted molar refractivity (Wildman–Crippen MR) is 110 cm³/mol. The first-order valence-corrected chi connectivity index (χ1v) is 11.2. The quantitative estimate of drug-likeness (QED) is 0.657. The van der Waals surface area contributed by atoms with Crippen LogP contribution in [0.1, 0.15) is 38.5 Å². The number of hydrogen-bond acceptors (Lipinski definition) is 7. The first-order chi connectivity index (χ1) is 14.2. The molecule has 1 aliphatic heterocycles. The molecule has 0 unspecified atom stereocenters. The molecule has 8 heteroatoms. The van der Waals surface area contributed by atoms with Gasteiger partial charge in [0.1, 0.15) is 0 Å². The zero-order chi connectivity index (χ0) is 20.2. The maximum Gasteiger partial charge on any atom is 0.277 e. The number of fused-ring (bicyclic) bond motifs is 1. The molecule has 7 nitrogen and oxygen atoms in total. The van der Waals surface area contributed by atoms with Crippen LogP contribution in [0, 0.1) is 5.92 Å². The lowest BCUT2D eigenvalue weighted by molar-refractivity contribution is -0.134. The highest BCUT2D eigenvalue weighted by atomic mass is 32.2. The van der Waals surface area contributed by atoms with Gasteiger partial charge in [0.2, 0.25) is 11.8 Å². The fourth-order valence-corrected chi connectivity index (χ4v) is 5.14. The minimum Gasteiger partial charge on any atom is -0.493 e. The summed E-state index contributed by atoms with van der Waals surface area (Å²) in [5.41, 5.74) is 0.745. The number of likely N-dealkylation sites (tertiary alicyclic amines) is 1. The highest BCUT2D eigenvalue weighted by molar-refractivity contribution is 7.99. The van der Waals surface area contributed by atoms with Crippen LogP contribution in [0.2, 0.25) is 0 Å². The molecule has 2 heterocycles. The van der Waals surface area contributed by atoms with E-state index in [4.69, 9.17) is 13.9 Å². The van der Waals surface area contributed by atoms with E-state index in [9.17, 15) is 4.79 Å². The largest absolute Gasteiger partial charge is 0.493 e. The predicted octanol–water partition coefficient (Wildman–Crippen LogP) is 4.03. The maximum atomic E-state index is 12.8. The number of hydrogen-bond donors (Lipinski definition) is 0. The van der Waals surface area contributed by atoms with Gasteiger partial charge in [-0.05, 0) is 49.8 Å². The Bertz CT molecular complexity index is 854. The van der Waals surface area contributed by atoms with Crippen molar-refractivity contribution in [2.24, 2.45) is 5.92 Å².